The molecule has 1 aromatic rings. The van der Waals surface area contributed by atoms with Gasteiger partial charge < -0.3 is 15.0 Å². The van der Waals surface area contributed by atoms with E-state index in [1.54, 1.807) is 29.2 Å². The molecule has 1 N–H and O–H groups in total. The molecule has 1 heterocycles. The summed E-state index contributed by atoms with van der Waals surface area (Å²) < 4.78 is 30.6. The highest BCUT2D eigenvalue weighted by Crippen LogP contribution is 2.31. The Labute approximate surface area is 126 Å². The summed E-state index contributed by atoms with van der Waals surface area (Å²) in [5, 5.41) is 2.70. The molecule has 0 bridgehead atoms. The average molecular weight is 316 g/mol. The first kappa shape index (κ1) is 16.0. The lowest BCUT2D eigenvalue weighted by Crippen LogP contribution is -2.49. The van der Waals surface area contributed by atoms with Crippen molar-refractivity contribution in [3.8, 4) is 0 Å². The molecule has 2 amide bonds. The van der Waals surface area contributed by atoms with E-state index in [0.717, 1.165) is 0 Å². The van der Waals surface area contributed by atoms with Gasteiger partial charge in [0.05, 0.1) is 17.9 Å². The molecule has 0 saturated carbocycles. The number of ether oxygens (including phenoxy) is 1. The maximum atomic E-state index is 12.5. The van der Waals surface area contributed by atoms with Crippen molar-refractivity contribution in [1.82, 2.24) is 4.90 Å². The van der Waals surface area contributed by atoms with E-state index in [1.807, 2.05) is 13.8 Å². The normalized spacial score (nSPS) is 22.4. The lowest BCUT2D eigenvalue weighted by atomic mass is 10.2. The molecule has 2 rings (SSSR count). The van der Waals surface area contributed by atoms with E-state index < -0.39 is 5.76 Å². The quantitative estimate of drug-likeness (QED) is 0.866. The molecule has 21 heavy (non-hydrogen) atoms. The number of para-hydroxylation sites is 1. The number of carbonyl (C=O) groups is 1. The lowest BCUT2D eigenvalue weighted by molar-refractivity contribution is -0.0530. The molecule has 0 aromatic heterocycles. The Morgan fingerprint density at radius 3 is 2.57 bits per heavy atom. The summed E-state index contributed by atoms with van der Waals surface area (Å²) in [7, 11) is 0. The first-order chi connectivity index (χ1) is 9.95. The fraction of sp³-hybridized carbons (Fsp3) is 0.500. The molecule has 1 aromatic carbocycles. The van der Waals surface area contributed by atoms with Gasteiger partial charge in [0.25, 0.3) is 5.76 Å². The molecule has 1 aliphatic rings. The summed E-state index contributed by atoms with van der Waals surface area (Å²) in [4.78, 5) is 14.3. The topological polar surface area (TPSA) is 41.6 Å². The number of alkyl halides is 2. The minimum absolute atomic E-state index is 0.0369. The number of urea groups is 1. The number of hydrogen-bond acceptors (Lipinski definition) is 3. The maximum Gasteiger partial charge on any atom is 0.322 e. The van der Waals surface area contributed by atoms with E-state index in [4.69, 9.17) is 4.74 Å². The third kappa shape index (κ3) is 4.57. The molecule has 0 spiro atoms. The largest absolute Gasteiger partial charge is 0.372 e. The van der Waals surface area contributed by atoms with Crippen molar-refractivity contribution in [2.75, 3.05) is 18.4 Å². The zero-order valence-electron chi connectivity index (χ0n) is 11.9. The summed E-state index contributed by atoms with van der Waals surface area (Å²) in [6, 6.07) is 6.27. The van der Waals surface area contributed by atoms with Crippen molar-refractivity contribution in [2.45, 2.75) is 36.7 Å². The van der Waals surface area contributed by atoms with Gasteiger partial charge in [-0.25, -0.2) is 4.79 Å². The van der Waals surface area contributed by atoms with Gasteiger partial charge >= 0.3 is 6.03 Å². The second kappa shape index (κ2) is 7.09. The van der Waals surface area contributed by atoms with Crippen LogP contribution in [0.15, 0.2) is 29.2 Å². The van der Waals surface area contributed by atoms with Gasteiger partial charge in [0.2, 0.25) is 0 Å². The second-order valence-electron chi connectivity index (χ2n) is 4.97. The molecule has 0 unspecified atom stereocenters. The summed E-state index contributed by atoms with van der Waals surface area (Å²) in [6.45, 7) is 4.77. The van der Waals surface area contributed by atoms with Crippen LogP contribution in [0.25, 0.3) is 0 Å². The highest BCUT2D eigenvalue weighted by molar-refractivity contribution is 7.99. The second-order valence-corrected chi connectivity index (χ2v) is 6.00. The molecule has 4 nitrogen and oxygen atoms in total. The molecular weight excluding hydrogens is 298 g/mol. The van der Waals surface area contributed by atoms with Crippen LogP contribution in [0, 0.1) is 0 Å². The first-order valence-electron chi connectivity index (χ1n) is 6.71. The van der Waals surface area contributed by atoms with Crippen molar-refractivity contribution in [1.29, 1.82) is 0 Å². The van der Waals surface area contributed by atoms with Crippen LogP contribution in [0.1, 0.15) is 13.8 Å². The molecule has 0 aliphatic carbocycles. The Hall–Kier alpha value is -1.34. The number of hydrogen-bond donors (Lipinski definition) is 1. The smallest absolute Gasteiger partial charge is 0.322 e. The summed E-state index contributed by atoms with van der Waals surface area (Å²) >= 11 is 0.424. The summed E-state index contributed by atoms with van der Waals surface area (Å²) in [5.41, 5.74) is 0.402. The Kier molecular flexibility index (Phi) is 5.41. The minimum Gasteiger partial charge on any atom is -0.372 e. The van der Waals surface area contributed by atoms with Gasteiger partial charge in [0.1, 0.15) is 0 Å². The number of nitrogens with zero attached hydrogens (tertiary/aromatic N) is 1. The van der Waals surface area contributed by atoms with E-state index in [9.17, 15) is 13.6 Å². The molecule has 0 radical (unpaired) electrons. The van der Waals surface area contributed by atoms with Crippen LogP contribution in [-0.4, -0.2) is 42.0 Å². The van der Waals surface area contributed by atoms with Gasteiger partial charge in [0, 0.05) is 18.0 Å². The van der Waals surface area contributed by atoms with Gasteiger partial charge in [-0.1, -0.05) is 23.9 Å². The summed E-state index contributed by atoms with van der Waals surface area (Å²) in [6.07, 6.45) is -0.0737. The molecular formula is C14H18F2N2O2S. The fourth-order valence-electron chi connectivity index (χ4n) is 2.31. The Balaban J connectivity index is 2.05. The van der Waals surface area contributed by atoms with Crippen LogP contribution in [-0.2, 0) is 4.74 Å². The van der Waals surface area contributed by atoms with Crippen LogP contribution in [0.2, 0.25) is 0 Å². The van der Waals surface area contributed by atoms with Crippen molar-refractivity contribution < 1.29 is 18.3 Å². The van der Waals surface area contributed by atoms with Crippen molar-refractivity contribution >= 4 is 23.5 Å². The highest BCUT2D eigenvalue weighted by atomic mass is 32.2. The predicted molar refractivity (Wildman–Crippen MR) is 78.9 cm³/mol. The van der Waals surface area contributed by atoms with Gasteiger partial charge in [-0.15, -0.1) is 0 Å². The number of rotatable bonds is 3. The van der Waals surface area contributed by atoms with Crippen LogP contribution >= 0.6 is 11.8 Å². The number of morpholine rings is 1. The van der Waals surface area contributed by atoms with E-state index in [0.29, 0.717) is 35.4 Å². The lowest BCUT2D eigenvalue weighted by Gasteiger charge is -2.35. The number of halogens is 2. The van der Waals surface area contributed by atoms with Crippen molar-refractivity contribution in [3.63, 3.8) is 0 Å². The average Bonchev–Trinajstić information content (AvgIpc) is 2.39. The number of nitrogens with one attached hydrogen (secondary N) is 1. The number of amides is 2. The monoisotopic (exact) mass is 316 g/mol. The van der Waals surface area contributed by atoms with E-state index in [2.05, 4.69) is 5.32 Å². The van der Waals surface area contributed by atoms with Crippen LogP contribution in [0.3, 0.4) is 0 Å². The first-order valence-corrected chi connectivity index (χ1v) is 7.59. The van der Waals surface area contributed by atoms with Gasteiger partial charge in [0.15, 0.2) is 0 Å². The van der Waals surface area contributed by atoms with E-state index in [-0.39, 0.29) is 18.2 Å². The molecule has 116 valence electrons. The van der Waals surface area contributed by atoms with Gasteiger partial charge in [-0.2, -0.15) is 8.78 Å². The molecule has 1 aliphatic heterocycles. The number of benzene rings is 1. The zero-order valence-corrected chi connectivity index (χ0v) is 12.7. The molecule has 2 atom stereocenters. The minimum atomic E-state index is -2.52. The fourth-order valence-corrected chi connectivity index (χ4v) is 2.90. The van der Waals surface area contributed by atoms with Crippen molar-refractivity contribution in [2.24, 2.45) is 0 Å². The SMILES string of the molecule is C[C@H]1CN(C(=O)Nc2ccccc2SC(F)F)C[C@H](C)O1. The summed E-state index contributed by atoms with van der Waals surface area (Å²) in [5.74, 6) is -2.52. The van der Waals surface area contributed by atoms with Crippen LogP contribution in [0.5, 0.6) is 0 Å². The number of anilines is 1. The van der Waals surface area contributed by atoms with Crippen molar-refractivity contribution in [3.05, 3.63) is 24.3 Å². The van der Waals surface area contributed by atoms with E-state index >= 15 is 0 Å². The van der Waals surface area contributed by atoms with E-state index in [1.165, 1.54) is 0 Å². The molecule has 1 fully saturated rings. The highest BCUT2D eigenvalue weighted by Gasteiger charge is 2.26. The van der Waals surface area contributed by atoms with Gasteiger partial charge in [-0.3, -0.25) is 0 Å². The number of carbonyl (C=O) groups excluding carboxylic acids is 1. The van der Waals surface area contributed by atoms with Crippen LogP contribution in [0.4, 0.5) is 19.3 Å². The Morgan fingerprint density at radius 1 is 1.33 bits per heavy atom. The molecule has 7 heteroatoms. The molecule has 1 saturated heterocycles. The standard InChI is InChI=1S/C14H18F2N2O2S/c1-9-7-18(8-10(2)20-9)14(19)17-11-5-3-4-6-12(11)21-13(15)16/h3-6,9-10,13H,7-8H2,1-2H3,(H,17,19)/t9-,10-/m0/s1. The predicted octanol–water partition coefficient (Wildman–Crippen LogP) is 3.64. The Bertz CT molecular complexity index is 492. The zero-order chi connectivity index (χ0) is 15.4. The van der Waals surface area contributed by atoms with Crippen LogP contribution < -0.4 is 5.32 Å². The Morgan fingerprint density at radius 2 is 1.95 bits per heavy atom. The van der Waals surface area contributed by atoms with Gasteiger partial charge in [-0.05, 0) is 26.0 Å². The third-order valence-corrected chi connectivity index (χ3v) is 3.84. The number of thioether (sulfide) groups is 1. The maximum absolute atomic E-state index is 12.5. The third-order valence-electron chi connectivity index (χ3n) is 3.05.